The first-order valence-electron chi connectivity index (χ1n) is 9.68. The third kappa shape index (κ3) is 4.98. The Kier molecular flexibility index (Phi) is 6.09. The molecule has 0 atom stereocenters. The van der Waals surface area contributed by atoms with E-state index in [4.69, 9.17) is 30.2 Å². The van der Waals surface area contributed by atoms with Crippen molar-refractivity contribution in [2.24, 2.45) is 4.99 Å². The number of carbonyl (C=O) groups excluding carboxylic acids is 1. The van der Waals surface area contributed by atoms with Crippen molar-refractivity contribution in [2.75, 3.05) is 13.2 Å². The van der Waals surface area contributed by atoms with Crippen molar-refractivity contribution in [2.45, 2.75) is 13.8 Å². The average molecular weight is 438 g/mol. The molecule has 0 aliphatic carbocycles. The molecule has 158 valence electrons. The van der Waals surface area contributed by atoms with E-state index in [0.29, 0.717) is 29.7 Å². The number of cyclic esters (lactones) is 1. The summed E-state index contributed by atoms with van der Waals surface area (Å²) in [6.07, 6.45) is 3.14. The van der Waals surface area contributed by atoms with Crippen molar-refractivity contribution in [1.82, 2.24) is 0 Å². The van der Waals surface area contributed by atoms with Crippen LogP contribution in [0.5, 0.6) is 11.5 Å². The van der Waals surface area contributed by atoms with Gasteiger partial charge in [-0.2, -0.15) is 0 Å². The molecule has 2 heterocycles. The fourth-order valence-corrected chi connectivity index (χ4v) is 3.11. The van der Waals surface area contributed by atoms with E-state index < -0.39 is 5.97 Å². The number of rotatable bonds is 7. The number of aryl methyl sites for hydroxylation is 2. The first-order valence-corrected chi connectivity index (χ1v) is 10.1. The van der Waals surface area contributed by atoms with Crippen LogP contribution in [0.3, 0.4) is 0 Å². The van der Waals surface area contributed by atoms with Crippen molar-refractivity contribution in [1.29, 1.82) is 0 Å². The van der Waals surface area contributed by atoms with Crippen LogP contribution in [0.4, 0.5) is 0 Å². The quantitative estimate of drug-likeness (QED) is 0.283. The van der Waals surface area contributed by atoms with Crippen LogP contribution in [0.1, 0.15) is 22.5 Å². The summed E-state index contributed by atoms with van der Waals surface area (Å²) in [5.74, 6) is 1.34. The maximum atomic E-state index is 12.2. The highest BCUT2D eigenvalue weighted by atomic mass is 35.5. The predicted octanol–water partition coefficient (Wildman–Crippen LogP) is 5.35. The second-order valence-electron chi connectivity index (χ2n) is 6.96. The Morgan fingerprint density at radius 1 is 1.06 bits per heavy atom. The number of carbonyl (C=O) groups is 1. The zero-order valence-electron chi connectivity index (χ0n) is 17.1. The van der Waals surface area contributed by atoms with Gasteiger partial charge in [-0.05, 0) is 68.0 Å². The summed E-state index contributed by atoms with van der Waals surface area (Å²) < 4.78 is 22.1. The zero-order valence-corrected chi connectivity index (χ0v) is 17.8. The van der Waals surface area contributed by atoms with E-state index in [2.05, 4.69) is 4.99 Å². The number of nitrogens with zero attached hydrogens (tertiary/aromatic N) is 1. The fraction of sp³-hybridized carbons (Fsp3) is 0.167. The number of ether oxygens (including phenoxy) is 3. The van der Waals surface area contributed by atoms with E-state index in [0.717, 1.165) is 22.4 Å². The molecule has 7 heteroatoms. The van der Waals surface area contributed by atoms with Crippen molar-refractivity contribution < 1.29 is 23.4 Å². The van der Waals surface area contributed by atoms with Gasteiger partial charge in [-0.3, -0.25) is 0 Å². The number of aliphatic imine (C=N–C) groups is 1. The summed E-state index contributed by atoms with van der Waals surface area (Å²) in [6, 6.07) is 14.6. The molecule has 0 amide bonds. The molecule has 31 heavy (non-hydrogen) atoms. The molecule has 2 aromatic carbocycles. The molecule has 0 bridgehead atoms. The van der Waals surface area contributed by atoms with Crippen molar-refractivity contribution >= 4 is 29.5 Å². The molecular formula is C24H20ClNO5. The molecule has 1 aliphatic rings. The normalized spacial score (nSPS) is 14.5. The third-order valence-electron chi connectivity index (χ3n) is 4.55. The van der Waals surface area contributed by atoms with Gasteiger partial charge in [0.1, 0.15) is 24.7 Å². The summed E-state index contributed by atoms with van der Waals surface area (Å²) in [5, 5.41) is 0.698. The second-order valence-corrected chi connectivity index (χ2v) is 7.37. The molecule has 3 aromatic rings. The Morgan fingerprint density at radius 3 is 2.68 bits per heavy atom. The first kappa shape index (κ1) is 20.8. The average Bonchev–Trinajstić information content (AvgIpc) is 3.40. The van der Waals surface area contributed by atoms with Crippen LogP contribution in [0, 0.1) is 13.8 Å². The first-order chi connectivity index (χ1) is 15.0. The van der Waals surface area contributed by atoms with Crippen LogP contribution < -0.4 is 9.47 Å². The highest BCUT2D eigenvalue weighted by molar-refractivity contribution is 6.31. The lowest BCUT2D eigenvalue weighted by atomic mass is 10.1. The smallest absolute Gasteiger partial charge is 0.363 e. The molecule has 1 aliphatic heterocycles. The minimum atomic E-state index is -0.541. The zero-order chi connectivity index (χ0) is 21.8. The third-order valence-corrected chi connectivity index (χ3v) is 4.97. The van der Waals surface area contributed by atoms with E-state index in [1.54, 1.807) is 24.3 Å². The number of hydrogen-bond donors (Lipinski definition) is 0. The number of hydrogen-bond acceptors (Lipinski definition) is 6. The molecule has 0 saturated carbocycles. The van der Waals surface area contributed by atoms with Crippen LogP contribution in [0.25, 0.3) is 6.08 Å². The summed E-state index contributed by atoms with van der Waals surface area (Å²) in [7, 11) is 0. The largest absolute Gasteiger partial charge is 0.490 e. The molecule has 0 saturated heterocycles. The summed E-state index contributed by atoms with van der Waals surface area (Å²) in [4.78, 5) is 16.5. The molecule has 0 radical (unpaired) electrons. The second kappa shape index (κ2) is 9.10. The molecule has 4 rings (SSSR count). The number of halogens is 1. The number of furan rings is 1. The maximum absolute atomic E-state index is 12.2. The Balaban J connectivity index is 1.46. The van der Waals surface area contributed by atoms with Crippen LogP contribution in [0.2, 0.25) is 5.02 Å². The molecule has 0 fully saturated rings. The molecule has 0 unspecified atom stereocenters. The molecular weight excluding hydrogens is 418 g/mol. The van der Waals surface area contributed by atoms with Gasteiger partial charge < -0.3 is 18.6 Å². The number of benzene rings is 2. The fourth-order valence-electron chi connectivity index (χ4n) is 2.99. The summed E-state index contributed by atoms with van der Waals surface area (Å²) in [5.41, 5.74) is 2.87. The monoisotopic (exact) mass is 437 g/mol. The summed E-state index contributed by atoms with van der Waals surface area (Å²) >= 11 is 6.04. The molecule has 1 aromatic heterocycles. The lowest BCUT2D eigenvalue weighted by Gasteiger charge is -2.12. The van der Waals surface area contributed by atoms with E-state index in [1.807, 2.05) is 44.2 Å². The van der Waals surface area contributed by atoms with Gasteiger partial charge in [-0.15, -0.1) is 0 Å². The van der Waals surface area contributed by atoms with Gasteiger partial charge >= 0.3 is 5.97 Å². The van der Waals surface area contributed by atoms with Gasteiger partial charge in [-0.1, -0.05) is 23.2 Å². The topological polar surface area (TPSA) is 70.3 Å². The van der Waals surface area contributed by atoms with E-state index in [1.165, 1.54) is 6.26 Å². The van der Waals surface area contributed by atoms with Crippen LogP contribution in [0.15, 0.2) is 69.9 Å². The predicted molar refractivity (Wildman–Crippen MR) is 118 cm³/mol. The Labute approximate surface area is 184 Å². The highest BCUT2D eigenvalue weighted by Gasteiger charge is 2.26. The van der Waals surface area contributed by atoms with Gasteiger partial charge in [0.15, 0.2) is 11.5 Å². The van der Waals surface area contributed by atoms with Crippen molar-refractivity contribution in [3.63, 3.8) is 0 Å². The van der Waals surface area contributed by atoms with Crippen molar-refractivity contribution in [3.05, 3.63) is 88.0 Å². The minimum Gasteiger partial charge on any atom is -0.490 e. The van der Waals surface area contributed by atoms with Crippen molar-refractivity contribution in [3.8, 4) is 11.5 Å². The van der Waals surface area contributed by atoms with Crippen LogP contribution in [-0.4, -0.2) is 25.1 Å². The Morgan fingerprint density at radius 2 is 1.90 bits per heavy atom. The molecule has 6 nitrogen and oxygen atoms in total. The minimum absolute atomic E-state index is 0.142. The highest BCUT2D eigenvalue weighted by Crippen LogP contribution is 2.26. The van der Waals surface area contributed by atoms with E-state index in [9.17, 15) is 4.79 Å². The molecule has 0 N–H and O–H groups in total. The van der Waals surface area contributed by atoms with Gasteiger partial charge in [0.25, 0.3) is 5.90 Å². The van der Waals surface area contributed by atoms with Gasteiger partial charge in [-0.25, -0.2) is 9.79 Å². The van der Waals surface area contributed by atoms with Gasteiger partial charge in [0.05, 0.1) is 6.26 Å². The van der Waals surface area contributed by atoms with Crippen LogP contribution in [-0.2, 0) is 9.53 Å². The maximum Gasteiger partial charge on any atom is 0.363 e. The Bertz CT molecular complexity index is 1160. The lowest BCUT2D eigenvalue weighted by Crippen LogP contribution is -2.10. The molecule has 0 spiro atoms. The Hall–Kier alpha value is -3.51. The standard InChI is InChI=1S/C24H20ClNO5/c1-15-5-8-21(30-11-10-28-18-6-7-19(25)16(2)13-18)17(12-15)14-20-24(27)31-23(26-20)22-4-3-9-29-22/h3-9,12-14H,10-11H2,1-2H3. The van der Waals surface area contributed by atoms with E-state index >= 15 is 0 Å². The van der Waals surface area contributed by atoms with Crippen LogP contribution >= 0.6 is 11.6 Å². The van der Waals surface area contributed by atoms with Gasteiger partial charge in [0, 0.05) is 10.6 Å². The van der Waals surface area contributed by atoms with E-state index in [-0.39, 0.29) is 11.6 Å². The van der Waals surface area contributed by atoms with Gasteiger partial charge in [0.2, 0.25) is 0 Å². The lowest BCUT2D eigenvalue weighted by molar-refractivity contribution is -0.130. The summed E-state index contributed by atoms with van der Waals surface area (Å²) in [6.45, 7) is 4.56. The number of esters is 1. The SMILES string of the molecule is Cc1ccc(OCCOc2ccc(Cl)c(C)c2)c(C=C2N=C(c3ccco3)OC2=O)c1.